The van der Waals surface area contributed by atoms with Gasteiger partial charge in [-0.25, -0.2) is 4.39 Å². The van der Waals surface area contributed by atoms with Crippen LogP contribution >= 0.6 is 0 Å². The number of aromatic nitrogens is 1. The summed E-state index contributed by atoms with van der Waals surface area (Å²) in [6.07, 6.45) is 3.08. The molecule has 2 aromatic rings. The first-order valence-corrected chi connectivity index (χ1v) is 7.24. The van der Waals surface area contributed by atoms with Gasteiger partial charge in [0.05, 0.1) is 5.56 Å². The molecule has 0 fully saturated rings. The van der Waals surface area contributed by atoms with Crippen molar-refractivity contribution in [2.45, 2.75) is 13.5 Å². The number of hydrogen-bond donors (Lipinski definition) is 1. The van der Waals surface area contributed by atoms with Crippen LogP contribution in [0.2, 0.25) is 0 Å². The number of rotatable bonds is 6. The molecule has 0 saturated carbocycles. The zero-order valence-electron chi connectivity index (χ0n) is 12.8. The number of benzene rings is 1. The fourth-order valence-electron chi connectivity index (χ4n) is 2.06. The monoisotopic (exact) mass is 315 g/mol. The van der Waals surface area contributed by atoms with Crippen LogP contribution in [0.1, 0.15) is 22.8 Å². The molecule has 6 heteroatoms. The molecule has 0 aliphatic carbocycles. The molecule has 0 radical (unpaired) electrons. The van der Waals surface area contributed by atoms with Gasteiger partial charge in [-0.1, -0.05) is 12.1 Å². The fourth-order valence-corrected chi connectivity index (χ4v) is 2.06. The van der Waals surface area contributed by atoms with Crippen molar-refractivity contribution >= 4 is 11.8 Å². The van der Waals surface area contributed by atoms with Crippen molar-refractivity contribution < 1.29 is 14.0 Å². The van der Waals surface area contributed by atoms with Crippen molar-refractivity contribution in [2.75, 3.05) is 13.1 Å². The lowest BCUT2D eigenvalue weighted by molar-refractivity contribution is -0.129. The Morgan fingerprint density at radius 3 is 2.57 bits per heavy atom. The van der Waals surface area contributed by atoms with Gasteiger partial charge in [-0.05, 0) is 29.8 Å². The number of hydrogen-bond acceptors (Lipinski definition) is 3. The molecule has 1 aromatic heterocycles. The number of nitrogens with one attached hydrogen (secondary N) is 1. The molecule has 0 spiro atoms. The van der Waals surface area contributed by atoms with Crippen LogP contribution < -0.4 is 5.32 Å². The maximum Gasteiger partial charge on any atom is 0.252 e. The average Bonchev–Trinajstić information content (AvgIpc) is 2.56. The molecular weight excluding hydrogens is 297 g/mol. The lowest BCUT2D eigenvalue weighted by Crippen LogP contribution is -2.37. The SMILES string of the molecule is CC(=O)N(CCNC(=O)c1cccnc1)Cc1ccc(F)cc1. The van der Waals surface area contributed by atoms with E-state index in [0.29, 0.717) is 25.2 Å². The molecule has 5 nitrogen and oxygen atoms in total. The van der Waals surface area contributed by atoms with E-state index in [2.05, 4.69) is 10.3 Å². The minimum Gasteiger partial charge on any atom is -0.350 e. The second-order valence-electron chi connectivity index (χ2n) is 5.06. The topological polar surface area (TPSA) is 62.3 Å². The Morgan fingerprint density at radius 2 is 1.96 bits per heavy atom. The summed E-state index contributed by atoms with van der Waals surface area (Å²) >= 11 is 0. The van der Waals surface area contributed by atoms with Crippen molar-refractivity contribution in [3.63, 3.8) is 0 Å². The van der Waals surface area contributed by atoms with Crippen LogP contribution in [0.3, 0.4) is 0 Å². The van der Waals surface area contributed by atoms with E-state index in [1.54, 1.807) is 35.4 Å². The molecule has 0 aliphatic heterocycles. The lowest BCUT2D eigenvalue weighted by Gasteiger charge is -2.21. The maximum absolute atomic E-state index is 12.9. The lowest BCUT2D eigenvalue weighted by atomic mass is 10.2. The summed E-state index contributed by atoms with van der Waals surface area (Å²) < 4.78 is 12.9. The first-order chi connectivity index (χ1) is 11.1. The second kappa shape index (κ2) is 8.03. The van der Waals surface area contributed by atoms with E-state index in [4.69, 9.17) is 0 Å². The highest BCUT2D eigenvalue weighted by atomic mass is 19.1. The van der Waals surface area contributed by atoms with Crippen molar-refractivity contribution in [1.82, 2.24) is 15.2 Å². The highest BCUT2D eigenvalue weighted by Gasteiger charge is 2.11. The molecule has 0 bridgehead atoms. The molecule has 0 saturated heterocycles. The third kappa shape index (κ3) is 5.18. The van der Waals surface area contributed by atoms with Crippen LogP contribution in [0.25, 0.3) is 0 Å². The molecular formula is C17H18FN3O2. The zero-order chi connectivity index (χ0) is 16.7. The van der Waals surface area contributed by atoms with Crippen LogP contribution in [0, 0.1) is 5.82 Å². The van der Waals surface area contributed by atoms with Gasteiger partial charge in [0, 0.05) is 39.0 Å². The number of carbonyl (C=O) groups excluding carboxylic acids is 2. The van der Waals surface area contributed by atoms with Gasteiger partial charge in [0.25, 0.3) is 5.91 Å². The third-order valence-corrected chi connectivity index (χ3v) is 3.32. The van der Waals surface area contributed by atoms with E-state index in [1.807, 2.05) is 0 Å². The summed E-state index contributed by atoms with van der Waals surface area (Å²) in [5, 5.41) is 2.75. The number of amides is 2. The van der Waals surface area contributed by atoms with Crippen LogP contribution in [0.4, 0.5) is 4.39 Å². The summed E-state index contributed by atoms with van der Waals surface area (Å²) in [5.41, 5.74) is 1.31. The van der Waals surface area contributed by atoms with Gasteiger partial charge in [0.1, 0.15) is 5.82 Å². The Hall–Kier alpha value is -2.76. The van der Waals surface area contributed by atoms with Gasteiger partial charge in [-0.15, -0.1) is 0 Å². The molecule has 0 unspecified atom stereocenters. The Labute approximate surface area is 134 Å². The summed E-state index contributed by atoms with van der Waals surface area (Å²) in [4.78, 5) is 29.1. The molecule has 2 rings (SSSR count). The van der Waals surface area contributed by atoms with E-state index < -0.39 is 0 Å². The summed E-state index contributed by atoms with van der Waals surface area (Å²) in [5.74, 6) is -0.653. The van der Waals surface area contributed by atoms with Crippen molar-refractivity contribution in [2.24, 2.45) is 0 Å². The summed E-state index contributed by atoms with van der Waals surface area (Å²) in [6, 6.07) is 9.35. The molecule has 1 N–H and O–H groups in total. The largest absolute Gasteiger partial charge is 0.350 e. The van der Waals surface area contributed by atoms with E-state index in [-0.39, 0.29) is 17.6 Å². The van der Waals surface area contributed by atoms with Crippen molar-refractivity contribution in [3.8, 4) is 0 Å². The molecule has 1 aromatic carbocycles. The predicted molar refractivity (Wildman–Crippen MR) is 84.1 cm³/mol. The van der Waals surface area contributed by atoms with Gasteiger partial charge in [-0.3, -0.25) is 14.6 Å². The first-order valence-electron chi connectivity index (χ1n) is 7.24. The quantitative estimate of drug-likeness (QED) is 0.887. The van der Waals surface area contributed by atoms with Crippen LogP contribution in [-0.4, -0.2) is 34.8 Å². The fraction of sp³-hybridized carbons (Fsp3) is 0.235. The minimum absolute atomic E-state index is 0.107. The first kappa shape index (κ1) is 16.6. The van der Waals surface area contributed by atoms with Crippen LogP contribution in [-0.2, 0) is 11.3 Å². The van der Waals surface area contributed by atoms with E-state index >= 15 is 0 Å². The molecule has 0 aliphatic rings. The van der Waals surface area contributed by atoms with Gasteiger partial charge in [-0.2, -0.15) is 0 Å². The van der Waals surface area contributed by atoms with Gasteiger partial charge in [0.15, 0.2) is 0 Å². The Kier molecular flexibility index (Phi) is 5.80. The number of carbonyl (C=O) groups is 2. The average molecular weight is 315 g/mol. The smallest absolute Gasteiger partial charge is 0.252 e. The number of nitrogens with zero attached hydrogens (tertiary/aromatic N) is 2. The zero-order valence-corrected chi connectivity index (χ0v) is 12.8. The predicted octanol–water partition coefficient (Wildman–Crippen LogP) is 2.00. The second-order valence-corrected chi connectivity index (χ2v) is 5.06. The van der Waals surface area contributed by atoms with Gasteiger partial charge < -0.3 is 10.2 Å². The van der Waals surface area contributed by atoms with Gasteiger partial charge in [0.2, 0.25) is 5.91 Å². The number of pyridine rings is 1. The normalized spacial score (nSPS) is 10.2. The third-order valence-electron chi connectivity index (χ3n) is 3.32. The Balaban J connectivity index is 1.86. The Bertz CT molecular complexity index is 659. The van der Waals surface area contributed by atoms with Gasteiger partial charge >= 0.3 is 0 Å². The number of halogens is 1. The van der Waals surface area contributed by atoms with Crippen LogP contribution in [0.15, 0.2) is 48.8 Å². The molecule has 23 heavy (non-hydrogen) atoms. The van der Waals surface area contributed by atoms with Crippen LogP contribution in [0.5, 0.6) is 0 Å². The molecule has 120 valence electrons. The highest BCUT2D eigenvalue weighted by Crippen LogP contribution is 2.06. The van der Waals surface area contributed by atoms with E-state index in [9.17, 15) is 14.0 Å². The Morgan fingerprint density at radius 1 is 1.22 bits per heavy atom. The van der Waals surface area contributed by atoms with E-state index in [1.165, 1.54) is 25.3 Å². The molecule has 2 amide bonds. The summed E-state index contributed by atoms with van der Waals surface area (Å²) in [7, 11) is 0. The maximum atomic E-state index is 12.9. The molecule has 0 atom stereocenters. The summed E-state index contributed by atoms with van der Waals surface area (Å²) in [6.45, 7) is 2.54. The molecule has 1 heterocycles. The van der Waals surface area contributed by atoms with Crippen molar-refractivity contribution in [1.29, 1.82) is 0 Å². The van der Waals surface area contributed by atoms with Crippen molar-refractivity contribution in [3.05, 3.63) is 65.7 Å². The highest BCUT2D eigenvalue weighted by molar-refractivity contribution is 5.93. The standard InChI is InChI=1S/C17H18FN3O2/c1-13(22)21(12-14-4-6-16(18)7-5-14)10-9-20-17(23)15-3-2-8-19-11-15/h2-8,11H,9-10,12H2,1H3,(H,20,23). The minimum atomic E-state index is -0.313. The van der Waals surface area contributed by atoms with E-state index in [0.717, 1.165) is 5.56 Å².